The first-order chi connectivity index (χ1) is 16.7. The number of hydrogen-bond donors (Lipinski definition) is 3. The van der Waals surface area contributed by atoms with E-state index in [0.717, 1.165) is 25.7 Å². The molecule has 0 spiro atoms. The Labute approximate surface area is 218 Å². The molecule has 0 radical (unpaired) electrons. The van der Waals surface area contributed by atoms with E-state index in [2.05, 4.69) is 10.6 Å². The number of urea groups is 1. The predicted molar refractivity (Wildman–Crippen MR) is 137 cm³/mol. The SMILES string of the molecule is NC1CCC(NC(=O)C2N(C(=O)Nc3cccc(Cl)c3)CCN2C(=O)c2ccc(Cl)c(Cl)c2)CC1. The van der Waals surface area contributed by atoms with E-state index in [4.69, 9.17) is 40.5 Å². The molecule has 1 aliphatic carbocycles. The van der Waals surface area contributed by atoms with Crippen LogP contribution in [0.25, 0.3) is 0 Å². The number of nitrogens with zero attached hydrogens (tertiary/aromatic N) is 2. The molecule has 186 valence electrons. The van der Waals surface area contributed by atoms with Crippen LogP contribution in [0, 0.1) is 0 Å². The monoisotopic (exact) mass is 537 g/mol. The van der Waals surface area contributed by atoms with Gasteiger partial charge >= 0.3 is 6.03 Å². The third kappa shape index (κ3) is 6.01. The Morgan fingerprint density at radius 3 is 2.29 bits per heavy atom. The lowest BCUT2D eigenvalue weighted by molar-refractivity contribution is -0.128. The van der Waals surface area contributed by atoms with Crippen molar-refractivity contribution < 1.29 is 14.4 Å². The van der Waals surface area contributed by atoms with Gasteiger partial charge in [0.05, 0.1) is 10.0 Å². The van der Waals surface area contributed by atoms with Crippen LogP contribution in [0.1, 0.15) is 36.0 Å². The van der Waals surface area contributed by atoms with Gasteiger partial charge in [0.15, 0.2) is 6.17 Å². The standard InChI is InChI=1S/C24H26Cl3N5O3/c25-15-2-1-3-18(13-15)30-24(35)32-11-10-31(23(34)14-4-9-19(26)20(27)12-14)22(32)21(33)29-17-7-5-16(28)6-8-17/h1-4,9,12-13,16-17,22H,5-8,10-11,28H2,(H,29,33)(H,30,35). The maximum Gasteiger partial charge on any atom is 0.323 e. The Bertz CT molecular complexity index is 1120. The number of amides is 4. The number of carbonyl (C=O) groups excluding carboxylic acids is 3. The molecule has 1 saturated heterocycles. The Balaban J connectivity index is 1.57. The highest BCUT2D eigenvalue weighted by Crippen LogP contribution is 2.26. The summed E-state index contributed by atoms with van der Waals surface area (Å²) in [4.78, 5) is 42.7. The average Bonchev–Trinajstić information content (AvgIpc) is 3.27. The molecule has 4 N–H and O–H groups in total. The first-order valence-electron chi connectivity index (χ1n) is 11.4. The number of rotatable bonds is 4. The molecule has 1 saturated carbocycles. The van der Waals surface area contributed by atoms with Crippen LogP contribution in [0.15, 0.2) is 42.5 Å². The summed E-state index contributed by atoms with van der Waals surface area (Å²) >= 11 is 18.1. The van der Waals surface area contributed by atoms with E-state index in [9.17, 15) is 14.4 Å². The van der Waals surface area contributed by atoms with E-state index in [0.29, 0.717) is 15.7 Å². The van der Waals surface area contributed by atoms with Gasteiger partial charge in [0, 0.05) is 41.4 Å². The molecule has 1 unspecified atom stereocenters. The van der Waals surface area contributed by atoms with Crippen molar-refractivity contribution in [3.05, 3.63) is 63.1 Å². The maximum absolute atomic E-state index is 13.5. The predicted octanol–water partition coefficient (Wildman–Crippen LogP) is 4.35. The van der Waals surface area contributed by atoms with Gasteiger partial charge in [0.25, 0.3) is 11.8 Å². The number of anilines is 1. The van der Waals surface area contributed by atoms with E-state index < -0.39 is 24.0 Å². The molecular weight excluding hydrogens is 513 g/mol. The van der Waals surface area contributed by atoms with Crippen LogP contribution in [0.5, 0.6) is 0 Å². The molecule has 35 heavy (non-hydrogen) atoms. The fourth-order valence-corrected chi connectivity index (χ4v) is 4.92. The van der Waals surface area contributed by atoms with E-state index in [-0.39, 0.29) is 35.8 Å². The minimum atomic E-state index is -1.13. The fraction of sp³-hybridized carbons (Fsp3) is 0.375. The van der Waals surface area contributed by atoms with Crippen molar-refractivity contribution in [2.24, 2.45) is 5.73 Å². The van der Waals surface area contributed by atoms with Gasteiger partial charge in [-0.05, 0) is 62.1 Å². The zero-order valence-corrected chi connectivity index (χ0v) is 21.1. The normalized spacial score (nSPS) is 22.1. The third-order valence-corrected chi connectivity index (χ3v) is 7.26. The van der Waals surface area contributed by atoms with Gasteiger partial charge < -0.3 is 21.3 Å². The van der Waals surface area contributed by atoms with Gasteiger partial charge in [-0.15, -0.1) is 0 Å². The number of nitrogens with two attached hydrogens (primary N) is 1. The molecule has 0 aromatic heterocycles. The largest absolute Gasteiger partial charge is 0.350 e. The number of nitrogens with one attached hydrogen (secondary N) is 2. The topological polar surface area (TPSA) is 108 Å². The summed E-state index contributed by atoms with van der Waals surface area (Å²) in [6.45, 7) is 0.350. The van der Waals surface area contributed by atoms with Crippen molar-refractivity contribution in [2.45, 2.75) is 43.9 Å². The number of hydrogen-bond acceptors (Lipinski definition) is 4. The van der Waals surface area contributed by atoms with Crippen LogP contribution in [0.3, 0.4) is 0 Å². The third-order valence-electron chi connectivity index (χ3n) is 6.29. The molecule has 4 rings (SSSR count). The molecule has 0 bridgehead atoms. The van der Waals surface area contributed by atoms with Crippen molar-refractivity contribution in [3.63, 3.8) is 0 Å². The lowest BCUT2D eigenvalue weighted by Gasteiger charge is -2.32. The van der Waals surface area contributed by atoms with Crippen LogP contribution in [0.2, 0.25) is 15.1 Å². The summed E-state index contributed by atoms with van der Waals surface area (Å²) in [6, 6.07) is 10.8. The van der Waals surface area contributed by atoms with Crippen molar-refractivity contribution in [1.29, 1.82) is 0 Å². The van der Waals surface area contributed by atoms with Crippen LogP contribution in [-0.4, -0.2) is 59.0 Å². The Hall–Kier alpha value is -2.52. The highest BCUT2D eigenvalue weighted by Gasteiger charge is 2.43. The Kier molecular flexibility index (Phi) is 8.06. The molecule has 8 nitrogen and oxygen atoms in total. The summed E-state index contributed by atoms with van der Waals surface area (Å²) < 4.78 is 0. The highest BCUT2D eigenvalue weighted by molar-refractivity contribution is 6.42. The molecule has 1 aliphatic heterocycles. The summed E-state index contributed by atoms with van der Waals surface area (Å²) in [5.41, 5.74) is 6.75. The lowest BCUT2D eigenvalue weighted by Crippen LogP contribution is -2.56. The highest BCUT2D eigenvalue weighted by atomic mass is 35.5. The van der Waals surface area contributed by atoms with E-state index >= 15 is 0 Å². The minimum Gasteiger partial charge on any atom is -0.350 e. The van der Waals surface area contributed by atoms with Crippen molar-refractivity contribution in [1.82, 2.24) is 15.1 Å². The van der Waals surface area contributed by atoms with Gasteiger partial charge in [0.2, 0.25) is 0 Å². The zero-order chi connectivity index (χ0) is 25.1. The van der Waals surface area contributed by atoms with Crippen LogP contribution in [-0.2, 0) is 4.79 Å². The molecule has 2 aliphatic rings. The molecule has 1 heterocycles. The molecule has 2 aromatic rings. The van der Waals surface area contributed by atoms with E-state index in [1.807, 2.05) is 0 Å². The lowest BCUT2D eigenvalue weighted by atomic mass is 9.92. The number of halogens is 3. The summed E-state index contributed by atoms with van der Waals surface area (Å²) in [7, 11) is 0. The van der Waals surface area contributed by atoms with E-state index in [1.54, 1.807) is 30.3 Å². The van der Waals surface area contributed by atoms with E-state index in [1.165, 1.54) is 21.9 Å². The Morgan fingerprint density at radius 2 is 1.60 bits per heavy atom. The first-order valence-corrected chi connectivity index (χ1v) is 12.5. The van der Waals surface area contributed by atoms with Crippen molar-refractivity contribution in [2.75, 3.05) is 18.4 Å². The van der Waals surface area contributed by atoms with Crippen molar-refractivity contribution in [3.8, 4) is 0 Å². The summed E-state index contributed by atoms with van der Waals surface area (Å²) in [5, 5.41) is 6.79. The first kappa shape index (κ1) is 25.6. The zero-order valence-electron chi connectivity index (χ0n) is 18.8. The minimum absolute atomic E-state index is 0.0670. The Morgan fingerprint density at radius 1 is 0.886 bits per heavy atom. The number of carbonyl (C=O) groups is 3. The number of benzene rings is 2. The summed E-state index contributed by atoms with van der Waals surface area (Å²) in [5.74, 6) is -0.843. The average molecular weight is 539 g/mol. The second kappa shape index (κ2) is 11.0. The molecule has 11 heteroatoms. The van der Waals surface area contributed by atoms with Crippen LogP contribution in [0.4, 0.5) is 10.5 Å². The van der Waals surface area contributed by atoms with Crippen LogP contribution < -0.4 is 16.4 Å². The molecule has 4 amide bonds. The molecular formula is C24H26Cl3N5O3. The molecule has 1 atom stereocenters. The van der Waals surface area contributed by atoms with Gasteiger partial charge in [0.1, 0.15) is 0 Å². The van der Waals surface area contributed by atoms with Crippen LogP contribution >= 0.6 is 34.8 Å². The second-order valence-corrected chi connectivity index (χ2v) is 10.0. The second-order valence-electron chi connectivity index (χ2n) is 8.76. The molecule has 2 aromatic carbocycles. The van der Waals surface area contributed by atoms with Gasteiger partial charge in [-0.2, -0.15) is 0 Å². The van der Waals surface area contributed by atoms with Gasteiger partial charge in [-0.25, -0.2) is 4.79 Å². The van der Waals surface area contributed by atoms with Gasteiger partial charge in [-0.3, -0.25) is 14.5 Å². The van der Waals surface area contributed by atoms with Gasteiger partial charge in [-0.1, -0.05) is 40.9 Å². The fourth-order valence-electron chi connectivity index (χ4n) is 4.43. The molecule has 2 fully saturated rings. The maximum atomic E-state index is 13.5. The quantitative estimate of drug-likeness (QED) is 0.538. The smallest absolute Gasteiger partial charge is 0.323 e. The van der Waals surface area contributed by atoms with Crippen molar-refractivity contribution >= 4 is 58.3 Å². The summed E-state index contributed by atoms with van der Waals surface area (Å²) in [6.07, 6.45) is 1.97.